The largest absolute Gasteiger partial charge is 0.273 e. The Balaban J connectivity index is 1.80. The van der Waals surface area contributed by atoms with Crippen molar-refractivity contribution in [2.75, 3.05) is 0 Å². The number of rotatable bonds is 7. The molecular weight excluding hydrogens is 272 g/mol. The molecular formula is C19H22N2O. The topological polar surface area (TPSA) is 41.5 Å². The van der Waals surface area contributed by atoms with E-state index >= 15 is 0 Å². The van der Waals surface area contributed by atoms with Gasteiger partial charge in [-0.05, 0) is 30.4 Å². The van der Waals surface area contributed by atoms with E-state index in [1.807, 2.05) is 55.5 Å². The third-order valence-electron chi connectivity index (χ3n) is 3.47. The molecule has 0 atom stereocenters. The van der Waals surface area contributed by atoms with Crippen LogP contribution in [0.5, 0.6) is 0 Å². The molecule has 0 bridgehead atoms. The number of carbonyl (C=O) groups excluding carboxylic acids is 1. The van der Waals surface area contributed by atoms with Crippen molar-refractivity contribution in [1.29, 1.82) is 0 Å². The maximum atomic E-state index is 11.9. The Morgan fingerprint density at radius 2 is 1.64 bits per heavy atom. The molecule has 2 aromatic carbocycles. The van der Waals surface area contributed by atoms with Crippen LogP contribution in [0.15, 0.2) is 65.8 Å². The highest BCUT2D eigenvalue weighted by molar-refractivity contribution is 6.00. The average Bonchev–Trinajstić information content (AvgIpc) is 2.57. The number of nitrogens with one attached hydrogen (secondary N) is 1. The molecule has 2 aromatic rings. The van der Waals surface area contributed by atoms with Gasteiger partial charge in [-0.2, -0.15) is 5.10 Å². The Hall–Kier alpha value is -2.42. The number of aryl methyl sites for hydroxylation is 1. The van der Waals surface area contributed by atoms with Crippen LogP contribution in [0.2, 0.25) is 0 Å². The molecule has 0 heterocycles. The summed E-state index contributed by atoms with van der Waals surface area (Å²) < 4.78 is 0. The molecule has 1 amide bonds. The molecule has 0 radical (unpaired) electrons. The zero-order chi connectivity index (χ0) is 15.6. The smallest absolute Gasteiger partial charge is 0.240 e. The fourth-order valence-electron chi connectivity index (χ4n) is 2.26. The van der Waals surface area contributed by atoms with Crippen molar-refractivity contribution >= 4 is 11.6 Å². The first-order valence-corrected chi connectivity index (χ1v) is 7.74. The van der Waals surface area contributed by atoms with Crippen molar-refractivity contribution in [2.24, 2.45) is 5.10 Å². The van der Waals surface area contributed by atoms with Crippen LogP contribution in [-0.4, -0.2) is 11.6 Å². The van der Waals surface area contributed by atoms with E-state index < -0.39 is 0 Å². The zero-order valence-electron chi connectivity index (χ0n) is 13.0. The Bertz CT molecular complexity index is 606. The first-order valence-electron chi connectivity index (χ1n) is 7.74. The lowest BCUT2D eigenvalue weighted by atomic mass is 10.1. The Labute approximate surface area is 132 Å². The molecule has 0 spiro atoms. The minimum absolute atomic E-state index is 0.0298. The molecule has 0 fully saturated rings. The number of nitrogens with zero attached hydrogens (tertiary/aromatic N) is 1. The van der Waals surface area contributed by atoms with Gasteiger partial charge in [0.05, 0.1) is 5.71 Å². The van der Waals surface area contributed by atoms with Crippen LogP contribution >= 0.6 is 0 Å². The summed E-state index contributed by atoms with van der Waals surface area (Å²) in [4.78, 5) is 11.9. The van der Waals surface area contributed by atoms with Crippen LogP contribution in [0.3, 0.4) is 0 Å². The minimum atomic E-state index is -0.0298. The Morgan fingerprint density at radius 3 is 2.27 bits per heavy atom. The number of hydrogen-bond acceptors (Lipinski definition) is 2. The highest BCUT2D eigenvalue weighted by atomic mass is 16.2. The highest BCUT2D eigenvalue weighted by Gasteiger charge is 2.03. The lowest BCUT2D eigenvalue weighted by Gasteiger charge is -2.05. The van der Waals surface area contributed by atoms with Crippen molar-refractivity contribution in [3.8, 4) is 0 Å². The first kappa shape index (κ1) is 16.0. The maximum Gasteiger partial charge on any atom is 0.240 e. The molecule has 0 aliphatic rings. The summed E-state index contributed by atoms with van der Waals surface area (Å²) >= 11 is 0. The second-order valence-electron chi connectivity index (χ2n) is 5.15. The quantitative estimate of drug-likeness (QED) is 0.610. The van der Waals surface area contributed by atoms with E-state index in [4.69, 9.17) is 0 Å². The van der Waals surface area contributed by atoms with Gasteiger partial charge in [0.1, 0.15) is 0 Å². The van der Waals surface area contributed by atoms with Gasteiger partial charge in [0.25, 0.3) is 0 Å². The van der Waals surface area contributed by atoms with Crippen molar-refractivity contribution in [3.63, 3.8) is 0 Å². The van der Waals surface area contributed by atoms with E-state index in [2.05, 4.69) is 22.7 Å². The first-order chi connectivity index (χ1) is 10.8. The second kappa shape index (κ2) is 8.78. The van der Waals surface area contributed by atoms with Crippen molar-refractivity contribution < 1.29 is 4.79 Å². The van der Waals surface area contributed by atoms with Gasteiger partial charge in [0.2, 0.25) is 5.91 Å². The van der Waals surface area contributed by atoms with E-state index in [0.29, 0.717) is 6.42 Å². The predicted molar refractivity (Wildman–Crippen MR) is 90.8 cm³/mol. The summed E-state index contributed by atoms with van der Waals surface area (Å²) in [6.45, 7) is 2.04. The molecule has 0 unspecified atom stereocenters. The SMILES string of the molecule is CC/C(=N\NC(=O)CCCc1ccccc1)c1ccccc1. The molecule has 0 aromatic heterocycles. The standard InChI is InChI=1S/C19H22N2O/c1-2-18(17-13-7-4-8-14-17)20-21-19(22)15-9-12-16-10-5-3-6-11-16/h3-8,10-11,13-14H,2,9,12,15H2,1H3,(H,21,22)/b20-18+. The molecule has 0 aliphatic heterocycles. The highest BCUT2D eigenvalue weighted by Crippen LogP contribution is 2.05. The van der Waals surface area contributed by atoms with Gasteiger partial charge in [-0.15, -0.1) is 0 Å². The summed E-state index contributed by atoms with van der Waals surface area (Å²) in [7, 11) is 0. The normalized spacial score (nSPS) is 11.2. The molecule has 2 rings (SSSR count). The molecule has 0 saturated heterocycles. The fourth-order valence-corrected chi connectivity index (χ4v) is 2.26. The van der Waals surface area contributed by atoms with Crippen LogP contribution in [0.4, 0.5) is 0 Å². The van der Waals surface area contributed by atoms with Crippen molar-refractivity contribution in [3.05, 3.63) is 71.8 Å². The van der Waals surface area contributed by atoms with E-state index in [-0.39, 0.29) is 5.91 Å². The molecule has 22 heavy (non-hydrogen) atoms. The van der Waals surface area contributed by atoms with E-state index in [1.165, 1.54) is 5.56 Å². The number of hydrazone groups is 1. The lowest BCUT2D eigenvalue weighted by molar-refractivity contribution is -0.121. The maximum absolute atomic E-state index is 11.9. The summed E-state index contributed by atoms with van der Waals surface area (Å²) in [6, 6.07) is 20.1. The minimum Gasteiger partial charge on any atom is -0.273 e. The van der Waals surface area contributed by atoms with Crippen molar-refractivity contribution in [1.82, 2.24) is 5.43 Å². The molecule has 3 heteroatoms. The van der Waals surface area contributed by atoms with Gasteiger partial charge >= 0.3 is 0 Å². The summed E-state index contributed by atoms with van der Waals surface area (Å²) in [6.07, 6.45) is 3.02. The van der Waals surface area contributed by atoms with Gasteiger partial charge < -0.3 is 0 Å². The summed E-state index contributed by atoms with van der Waals surface area (Å²) in [5, 5.41) is 4.26. The van der Waals surface area contributed by atoms with E-state index in [0.717, 1.165) is 30.5 Å². The third-order valence-corrected chi connectivity index (χ3v) is 3.47. The molecule has 3 nitrogen and oxygen atoms in total. The lowest BCUT2D eigenvalue weighted by Crippen LogP contribution is -2.19. The van der Waals surface area contributed by atoms with Gasteiger partial charge in [-0.1, -0.05) is 67.6 Å². The third kappa shape index (κ3) is 5.17. The van der Waals surface area contributed by atoms with Crippen LogP contribution in [0.1, 0.15) is 37.3 Å². The zero-order valence-corrected chi connectivity index (χ0v) is 13.0. The van der Waals surface area contributed by atoms with Crippen LogP contribution in [0.25, 0.3) is 0 Å². The van der Waals surface area contributed by atoms with E-state index in [1.54, 1.807) is 0 Å². The summed E-state index contributed by atoms with van der Waals surface area (Å²) in [5.74, 6) is -0.0298. The molecule has 114 valence electrons. The van der Waals surface area contributed by atoms with E-state index in [9.17, 15) is 4.79 Å². The van der Waals surface area contributed by atoms with Gasteiger partial charge in [-0.25, -0.2) is 5.43 Å². The van der Waals surface area contributed by atoms with Crippen molar-refractivity contribution in [2.45, 2.75) is 32.6 Å². The number of carbonyl (C=O) groups is 1. The Kier molecular flexibility index (Phi) is 6.37. The predicted octanol–water partition coefficient (Wildman–Crippen LogP) is 3.94. The number of amides is 1. The molecule has 0 saturated carbocycles. The van der Waals surface area contributed by atoms with Gasteiger partial charge in [-0.3, -0.25) is 4.79 Å². The monoisotopic (exact) mass is 294 g/mol. The molecule has 1 N–H and O–H groups in total. The van der Waals surface area contributed by atoms with Crippen LogP contribution < -0.4 is 5.43 Å². The fraction of sp³-hybridized carbons (Fsp3) is 0.263. The summed E-state index contributed by atoms with van der Waals surface area (Å²) in [5.41, 5.74) is 5.88. The molecule has 0 aliphatic carbocycles. The van der Waals surface area contributed by atoms with Crippen LogP contribution in [0, 0.1) is 0 Å². The van der Waals surface area contributed by atoms with Gasteiger partial charge in [0.15, 0.2) is 0 Å². The number of benzene rings is 2. The Morgan fingerprint density at radius 1 is 1.00 bits per heavy atom. The second-order valence-corrected chi connectivity index (χ2v) is 5.15. The average molecular weight is 294 g/mol. The van der Waals surface area contributed by atoms with Gasteiger partial charge in [0, 0.05) is 6.42 Å². The number of hydrogen-bond donors (Lipinski definition) is 1. The van der Waals surface area contributed by atoms with Crippen LogP contribution in [-0.2, 0) is 11.2 Å².